The molecule has 12 nitrogen and oxygen atoms in total. The largest absolute Gasteiger partial charge is 0.508 e. The van der Waals surface area contributed by atoms with Gasteiger partial charge in [0.25, 0.3) is 5.91 Å². The number of nitrogens with zero attached hydrogens (tertiary/aromatic N) is 1. The molecule has 0 aliphatic carbocycles. The van der Waals surface area contributed by atoms with Crippen molar-refractivity contribution in [3.63, 3.8) is 0 Å². The van der Waals surface area contributed by atoms with Gasteiger partial charge in [-0.2, -0.15) is 0 Å². The molecule has 0 aromatic heterocycles. The molecule has 1 fully saturated rings. The zero-order chi connectivity index (χ0) is 30.9. The molecular weight excluding hydrogens is 612 g/mol. The number of benzene rings is 3. The fraction of sp³-hybridized carbons (Fsp3) is 0.200. The van der Waals surface area contributed by atoms with E-state index in [0.717, 1.165) is 16.7 Å². The first kappa shape index (κ1) is 28.1. The van der Waals surface area contributed by atoms with Crippen molar-refractivity contribution >= 4 is 47.3 Å². The number of carbonyl (C=O) groups is 4. The number of carbonyl (C=O) groups excluding carboxylic acids is 3. The van der Waals surface area contributed by atoms with Crippen molar-refractivity contribution in [2.75, 3.05) is 18.1 Å². The minimum Gasteiger partial charge on any atom is -0.508 e. The Morgan fingerprint density at radius 1 is 1.00 bits per heavy atom. The molecule has 1 spiro atoms. The van der Waals surface area contributed by atoms with E-state index >= 15 is 0 Å². The Morgan fingerprint density at radius 2 is 1.66 bits per heavy atom. The fourth-order valence-corrected chi connectivity index (χ4v) is 8.02. The van der Waals surface area contributed by atoms with E-state index in [1.165, 1.54) is 36.0 Å². The number of aliphatic hydroxyl groups is 1. The van der Waals surface area contributed by atoms with Crippen molar-refractivity contribution in [3.05, 3.63) is 88.1 Å². The molecule has 0 saturated carbocycles. The van der Waals surface area contributed by atoms with E-state index in [9.17, 15) is 39.6 Å². The van der Waals surface area contributed by atoms with Crippen molar-refractivity contribution in [3.8, 4) is 23.0 Å². The number of rotatable bonds is 6. The van der Waals surface area contributed by atoms with Gasteiger partial charge >= 0.3 is 11.9 Å². The zero-order valence-corrected chi connectivity index (χ0v) is 24.1. The van der Waals surface area contributed by atoms with Crippen LogP contribution in [0.5, 0.6) is 23.0 Å². The van der Waals surface area contributed by atoms with Crippen molar-refractivity contribution in [2.45, 2.75) is 21.9 Å². The number of carboxylic acids is 1. The van der Waals surface area contributed by atoms with Crippen LogP contribution in [0.15, 0.2) is 70.8 Å². The van der Waals surface area contributed by atoms with E-state index in [4.69, 9.17) is 9.47 Å². The van der Waals surface area contributed by atoms with Gasteiger partial charge in [0.1, 0.15) is 40.1 Å². The first-order valence-electron chi connectivity index (χ1n) is 13.3. The molecule has 14 heteroatoms. The molecule has 1 saturated heterocycles. The van der Waals surface area contributed by atoms with E-state index < -0.39 is 47.4 Å². The standard InChI is InChI=1S/C30H22N2O10S2/c33-10-13-11-44-27-24(26(37)32(27)25(13)28(38)39)31-23(36)12-43-16-3-6-18-17(9-16)29(40)42-30(18)19-4-1-14(34)7-21(19)41-22-8-15(35)2-5-20(22)30/h1-9,24,27,33-35H,10-12H2,(H,31,36)(H,38,39). The van der Waals surface area contributed by atoms with Crippen LogP contribution >= 0.6 is 23.5 Å². The summed E-state index contributed by atoms with van der Waals surface area (Å²) in [6, 6.07) is 13.2. The number of carboxylic acid groups (broad SMARTS) is 1. The van der Waals surface area contributed by atoms with Gasteiger partial charge in [0.15, 0.2) is 5.60 Å². The summed E-state index contributed by atoms with van der Waals surface area (Å²) in [5, 5.41) is 41.2. The van der Waals surface area contributed by atoms with Crippen LogP contribution in [-0.4, -0.2) is 78.6 Å². The number of β-lactam (4-membered cyclic amide) rings is 1. The lowest BCUT2D eigenvalue weighted by molar-refractivity contribution is -0.150. The molecule has 2 atom stereocenters. The third kappa shape index (κ3) is 4.12. The van der Waals surface area contributed by atoms with Crippen LogP contribution in [0.4, 0.5) is 0 Å². The molecule has 5 N–H and O–H groups in total. The van der Waals surface area contributed by atoms with E-state index in [2.05, 4.69) is 5.32 Å². The maximum absolute atomic E-state index is 13.3. The number of amides is 2. The lowest BCUT2D eigenvalue weighted by atomic mass is 9.77. The molecule has 224 valence electrons. The number of hydrogen-bond acceptors (Lipinski definition) is 11. The summed E-state index contributed by atoms with van der Waals surface area (Å²) < 4.78 is 12.0. The number of thioether (sulfide) groups is 2. The summed E-state index contributed by atoms with van der Waals surface area (Å²) in [5.41, 5.74) is 0.383. The fourth-order valence-electron chi connectivity index (χ4n) is 5.94. The molecule has 4 aliphatic rings. The number of aliphatic hydroxyl groups excluding tert-OH is 1. The quantitative estimate of drug-likeness (QED) is 0.152. The molecule has 2 amide bonds. The third-order valence-electron chi connectivity index (χ3n) is 7.87. The van der Waals surface area contributed by atoms with Gasteiger partial charge in [-0.05, 0) is 42.0 Å². The zero-order valence-electron chi connectivity index (χ0n) is 22.5. The van der Waals surface area contributed by atoms with Crippen LogP contribution in [0, 0.1) is 0 Å². The Kier molecular flexibility index (Phi) is 6.53. The Balaban J connectivity index is 1.11. The Labute approximate surface area is 257 Å². The highest BCUT2D eigenvalue weighted by atomic mass is 32.2. The molecule has 4 heterocycles. The molecular formula is C30H22N2O10S2. The molecule has 3 aromatic carbocycles. The molecule has 7 rings (SSSR count). The summed E-state index contributed by atoms with van der Waals surface area (Å²) in [7, 11) is 0. The highest BCUT2D eigenvalue weighted by Gasteiger charge is 2.55. The van der Waals surface area contributed by atoms with E-state index in [1.807, 2.05) is 0 Å². The average molecular weight is 635 g/mol. The lowest BCUT2D eigenvalue weighted by Crippen LogP contribution is -2.70. The van der Waals surface area contributed by atoms with Crippen molar-refractivity contribution in [1.29, 1.82) is 0 Å². The normalized spacial score (nSPS) is 20.5. The molecule has 44 heavy (non-hydrogen) atoms. The molecule has 4 aliphatic heterocycles. The molecule has 2 unspecified atom stereocenters. The maximum Gasteiger partial charge on any atom is 0.352 e. The Morgan fingerprint density at radius 3 is 2.30 bits per heavy atom. The van der Waals surface area contributed by atoms with Gasteiger partial charge in [0.2, 0.25) is 5.91 Å². The SMILES string of the molecule is O=C(CSc1ccc2c(c1)C(=O)OC21c2ccc(O)cc2Oc2cc(O)ccc21)NC1C(=O)N2C(C(=O)O)=C(CO)CSC12. The van der Waals surface area contributed by atoms with Gasteiger partial charge in [-0.15, -0.1) is 23.5 Å². The number of phenolic OH excluding ortho intramolecular Hbond substituents is 2. The van der Waals surface area contributed by atoms with Crippen LogP contribution in [0.1, 0.15) is 27.0 Å². The minimum atomic E-state index is -1.40. The predicted molar refractivity (Wildman–Crippen MR) is 156 cm³/mol. The summed E-state index contributed by atoms with van der Waals surface area (Å²) in [5.74, 6) is -2.36. The first-order valence-corrected chi connectivity index (χ1v) is 15.3. The second kappa shape index (κ2) is 10.2. The van der Waals surface area contributed by atoms with Crippen LogP contribution in [0.3, 0.4) is 0 Å². The summed E-state index contributed by atoms with van der Waals surface area (Å²) in [6.45, 7) is -0.478. The van der Waals surface area contributed by atoms with Gasteiger partial charge in [-0.25, -0.2) is 9.59 Å². The summed E-state index contributed by atoms with van der Waals surface area (Å²) >= 11 is 2.41. The third-order valence-corrected chi connectivity index (χ3v) is 10.2. The number of nitrogens with one attached hydrogen (secondary N) is 1. The number of aromatic hydroxyl groups is 2. The monoisotopic (exact) mass is 634 g/mol. The van der Waals surface area contributed by atoms with Gasteiger partial charge in [-0.3, -0.25) is 14.5 Å². The number of ether oxygens (including phenoxy) is 2. The second-order valence-corrected chi connectivity index (χ2v) is 12.6. The van der Waals surface area contributed by atoms with Gasteiger partial charge < -0.3 is 35.2 Å². The smallest absolute Gasteiger partial charge is 0.352 e. The molecule has 0 radical (unpaired) electrons. The summed E-state index contributed by atoms with van der Waals surface area (Å²) in [6.07, 6.45) is 0. The van der Waals surface area contributed by atoms with E-state index in [1.54, 1.807) is 30.3 Å². The first-order chi connectivity index (χ1) is 21.1. The van der Waals surface area contributed by atoms with Crippen LogP contribution in [0.25, 0.3) is 0 Å². The minimum absolute atomic E-state index is 0.0517. The lowest BCUT2D eigenvalue weighted by Gasteiger charge is -2.49. The topological polar surface area (TPSA) is 183 Å². The highest BCUT2D eigenvalue weighted by molar-refractivity contribution is 8.00. The van der Waals surface area contributed by atoms with Gasteiger partial charge in [0, 0.05) is 39.5 Å². The van der Waals surface area contributed by atoms with Crippen LogP contribution < -0.4 is 10.1 Å². The van der Waals surface area contributed by atoms with Crippen LogP contribution in [0.2, 0.25) is 0 Å². The summed E-state index contributed by atoms with van der Waals surface area (Å²) in [4.78, 5) is 52.2. The van der Waals surface area contributed by atoms with Gasteiger partial charge in [-0.1, -0.05) is 6.07 Å². The van der Waals surface area contributed by atoms with Crippen molar-refractivity contribution in [1.82, 2.24) is 10.2 Å². The second-order valence-electron chi connectivity index (χ2n) is 10.4. The Bertz CT molecular complexity index is 1790. The maximum atomic E-state index is 13.3. The van der Waals surface area contributed by atoms with Gasteiger partial charge in [0.05, 0.1) is 17.9 Å². The predicted octanol–water partition coefficient (Wildman–Crippen LogP) is 2.49. The van der Waals surface area contributed by atoms with E-state index in [0.29, 0.717) is 21.6 Å². The van der Waals surface area contributed by atoms with Crippen molar-refractivity contribution < 1.29 is 49.1 Å². The Hall–Kier alpha value is -4.66. The van der Waals surface area contributed by atoms with Crippen molar-refractivity contribution in [2.24, 2.45) is 0 Å². The number of aliphatic carboxylic acids is 1. The average Bonchev–Trinajstić information content (AvgIpc) is 3.29. The molecule has 0 bridgehead atoms. The number of fused-ring (bicyclic) bond motifs is 7. The number of phenols is 2. The highest BCUT2D eigenvalue weighted by Crippen LogP contribution is 2.57. The number of esters is 1. The van der Waals surface area contributed by atoms with E-state index in [-0.39, 0.29) is 51.3 Å². The molecule has 3 aromatic rings. The van der Waals surface area contributed by atoms with Crippen LogP contribution in [-0.2, 0) is 24.7 Å². The number of hydrogen-bond donors (Lipinski definition) is 5.